The highest BCUT2D eigenvalue weighted by Crippen LogP contribution is 2.23. The summed E-state index contributed by atoms with van der Waals surface area (Å²) < 4.78 is 11.1. The fourth-order valence-electron chi connectivity index (χ4n) is 1.78. The molecule has 0 fully saturated rings. The van der Waals surface area contributed by atoms with Crippen LogP contribution in [-0.4, -0.2) is 12.5 Å². The molecule has 18 heavy (non-hydrogen) atoms. The molecule has 0 bridgehead atoms. The van der Waals surface area contributed by atoms with Gasteiger partial charge in [-0.3, -0.25) is 4.79 Å². The van der Waals surface area contributed by atoms with Crippen molar-refractivity contribution in [2.75, 3.05) is 11.4 Å². The summed E-state index contributed by atoms with van der Waals surface area (Å²) in [5.74, 6) is -0.152. The first kappa shape index (κ1) is 14.6. The fourth-order valence-corrected chi connectivity index (χ4v) is 2.38. The Bertz CT molecular complexity index is 497. The molecule has 1 aromatic carbocycles. The van der Waals surface area contributed by atoms with E-state index < -0.39 is 8.03 Å². The highest BCUT2D eigenvalue weighted by molar-refractivity contribution is 7.46. The zero-order chi connectivity index (χ0) is 13.7. The highest BCUT2D eigenvalue weighted by atomic mass is 31.1. The van der Waals surface area contributed by atoms with Gasteiger partial charge < -0.3 is 9.79 Å². The molecule has 1 amide bonds. The summed E-state index contributed by atoms with van der Waals surface area (Å²) in [4.78, 5) is 24.5. The molecule has 0 spiro atoms. The van der Waals surface area contributed by atoms with E-state index in [0.29, 0.717) is 17.8 Å². The van der Waals surface area contributed by atoms with Crippen molar-refractivity contribution < 1.29 is 14.3 Å². The van der Waals surface area contributed by atoms with Crippen molar-refractivity contribution in [3.05, 3.63) is 35.9 Å². The van der Waals surface area contributed by atoms with Crippen LogP contribution in [0.1, 0.15) is 19.4 Å². The monoisotopic (exact) mass is 265 g/mol. The topological polar surface area (TPSA) is 60.4 Å². The highest BCUT2D eigenvalue weighted by Gasteiger charge is 2.19. The summed E-state index contributed by atoms with van der Waals surface area (Å²) in [6, 6.07) is 4.94. The number of nitrogens with zero attached hydrogens (tertiary/aromatic N) is 1. The van der Waals surface area contributed by atoms with Crippen LogP contribution in [0.2, 0.25) is 0 Å². The SMILES string of the molecule is C/C=C/C(=O)N(CC)c1cccc([P+](=O)[O-])c1C. The van der Waals surface area contributed by atoms with Crippen molar-refractivity contribution in [2.24, 2.45) is 0 Å². The molecule has 4 nitrogen and oxygen atoms in total. The maximum Gasteiger partial charge on any atom is 0.349 e. The Morgan fingerprint density at radius 1 is 1.50 bits per heavy atom. The molecule has 1 atom stereocenters. The van der Waals surface area contributed by atoms with E-state index in [1.165, 1.54) is 6.08 Å². The first-order valence-electron chi connectivity index (χ1n) is 5.71. The van der Waals surface area contributed by atoms with Crippen LogP contribution in [0.3, 0.4) is 0 Å². The normalized spacial score (nSPS) is 11.7. The number of likely N-dealkylation sites (N-methyl/N-ethyl adjacent to an activating group) is 1. The van der Waals surface area contributed by atoms with Crippen molar-refractivity contribution in [3.8, 4) is 0 Å². The average Bonchev–Trinajstić information content (AvgIpc) is 2.32. The molecule has 1 rings (SSSR count). The quantitative estimate of drug-likeness (QED) is 0.614. The Labute approximate surface area is 108 Å². The lowest BCUT2D eigenvalue weighted by molar-refractivity contribution is -0.160. The number of anilines is 1. The van der Waals surface area contributed by atoms with Gasteiger partial charge >= 0.3 is 8.03 Å². The van der Waals surface area contributed by atoms with Gasteiger partial charge in [0.05, 0.1) is 5.69 Å². The number of hydrogen-bond acceptors (Lipinski definition) is 3. The van der Waals surface area contributed by atoms with Gasteiger partial charge in [-0.1, -0.05) is 16.7 Å². The van der Waals surface area contributed by atoms with E-state index in [0.717, 1.165) is 0 Å². The molecule has 0 aliphatic rings. The van der Waals surface area contributed by atoms with E-state index in [2.05, 4.69) is 0 Å². The molecule has 1 aromatic rings. The standard InChI is InChI=1S/C13H16NO3P/c1-4-7-13(15)14(5-2)11-8-6-9-12(10(11)3)18(16)17/h4,6-9H,5H2,1-3H3/b7-4+. The van der Waals surface area contributed by atoms with Gasteiger partial charge in [0.1, 0.15) is 0 Å². The second-order valence-electron chi connectivity index (χ2n) is 3.76. The van der Waals surface area contributed by atoms with Crippen LogP contribution in [-0.2, 0) is 9.36 Å². The van der Waals surface area contributed by atoms with Gasteiger partial charge in [0.15, 0.2) is 5.30 Å². The van der Waals surface area contributed by atoms with Crippen molar-refractivity contribution >= 4 is 24.9 Å². The van der Waals surface area contributed by atoms with E-state index in [9.17, 15) is 14.3 Å². The molecule has 0 N–H and O–H groups in total. The minimum Gasteiger partial charge on any atom is -0.591 e. The minimum atomic E-state index is -2.65. The molecule has 0 saturated heterocycles. The van der Waals surface area contributed by atoms with Gasteiger partial charge in [0, 0.05) is 12.1 Å². The van der Waals surface area contributed by atoms with Crippen molar-refractivity contribution in [1.29, 1.82) is 0 Å². The lowest BCUT2D eigenvalue weighted by Crippen LogP contribution is -2.30. The summed E-state index contributed by atoms with van der Waals surface area (Å²) >= 11 is 0. The van der Waals surface area contributed by atoms with Crippen LogP contribution >= 0.6 is 8.03 Å². The van der Waals surface area contributed by atoms with E-state index >= 15 is 0 Å². The first-order chi connectivity index (χ1) is 8.52. The maximum absolute atomic E-state index is 11.9. The largest absolute Gasteiger partial charge is 0.591 e. The Hall–Kier alpha value is -1.51. The Kier molecular flexibility index (Phi) is 5.20. The third-order valence-corrected chi connectivity index (χ3v) is 3.53. The second-order valence-corrected chi connectivity index (χ2v) is 4.76. The third kappa shape index (κ3) is 3.03. The maximum atomic E-state index is 11.9. The van der Waals surface area contributed by atoms with Crippen LogP contribution in [0.25, 0.3) is 0 Å². The predicted octanol–water partition coefficient (Wildman–Crippen LogP) is 1.65. The summed E-state index contributed by atoms with van der Waals surface area (Å²) in [5.41, 5.74) is 1.24. The molecule has 0 aliphatic heterocycles. The second kappa shape index (κ2) is 6.43. The predicted molar refractivity (Wildman–Crippen MR) is 71.3 cm³/mol. The van der Waals surface area contributed by atoms with Gasteiger partial charge in [-0.25, -0.2) is 0 Å². The minimum absolute atomic E-state index is 0.152. The molecule has 96 valence electrons. The van der Waals surface area contributed by atoms with E-state index in [1.54, 1.807) is 43.0 Å². The van der Waals surface area contributed by atoms with Gasteiger partial charge in [-0.05, 0) is 39.0 Å². The number of carbonyl (C=O) groups excluding carboxylic acids is 1. The summed E-state index contributed by atoms with van der Waals surface area (Å²) in [6.07, 6.45) is 3.13. The van der Waals surface area contributed by atoms with Crippen LogP contribution < -0.4 is 15.1 Å². The number of carbonyl (C=O) groups is 1. The molecular weight excluding hydrogens is 249 g/mol. The van der Waals surface area contributed by atoms with Crippen LogP contribution in [0.4, 0.5) is 5.69 Å². The average molecular weight is 265 g/mol. The lowest BCUT2D eigenvalue weighted by Gasteiger charge is -2.21. The smallest absolute Gasteiger partial charge is 0.349 e. The zero-order valence-corrected chi connectivity index (χ0v) is 11.6. The molecule has 0 saturated carbocycles. The van der Waals surface area contributed by atoms with Crippen molar-refractivity contribution in [2.45, 2.75) is 20.8 Å². The van der Waals surface area contributed by atoms with E-state index in [4.69, 9.17) is 0 Å². The number of rotatable bonds is 4. The number of hydrogen-bond donors (Lipinski definition) is 0. The van der Waals surface area contributed by atoms with Crippen molar-refractivity contribution in [1.82, 2.24) is 0 Å². The molecule has 0 aromatic heterocycles. The Morgan fingerprint density at radius 3 is 2.67 bits per heavy atom. The van der Waals surface area contributed by atoms with Crippen LogP contribution in [0.5, 0.6) is 0 Å². The number of benzene rings is 1. The summed E-state index contributed by atoms with van der Waals surface area (Å²) in [7, 11) is -2.65. The molecular formula is C13H16NO3P. The van der Waals surface area contributed by atoms with Crippen LogP contribution in [0, 0.1) is 6.92 Å². The molecule has 1 unspecified atom stereocenters. The number of amides is 1. The number of allylic oxidation sites excluding steroid dienone is 1. The summed E-state index contributed by atoms with van der Waals surface area (Å²) in [6.45, 7) is 5.82. The molecule has 5 heteroatoms. The van der Waals surface area contributed by atoms with Gasteiger partial charge in [-0.2, -0.15) is 0 Å². The van der Waals surface area contributed by atoms with Gasteiger partial charge in [-0.15, -0.1) is 0 Å². The van der Waals surface area contributed by atoms with Crippen molar-refractivity contribution in [3.63, 3.8) is 0 Å². The van der Waals surface area contributed by atoms with Crippen LogP contribution in [0.15, 0.2) is 30.4 Å². The molecule has 0 radical (unpaired) electrons. The molecule has 0 aliphatic carbocycles. The Morgan fingerprint density at radius 2 is 2.17 bits per heavy atom. The van der Waals surface area contributed by atoms with E-state index in [-0.39, 0.29) is 11.2 Å². The third-order valence-electron chi connectivity index (χ3n) is 2.66. The van der Waals surface area contributed by atoms with Gasteiger partial charge in [0.25, 0.3) is 5.91 Å². The van der Waals surface area contributed by atoms with Gasteiger partial charge in [0.2, 0.25) is 0 Å². The lowest BCUT2D eigenvalue weighted by atomic mass is 10.1. The summed E-state index contributed by atoms with van der Waals surface area (Å²) in [5, 5.41) is 0.259. The Balaban J connectivity index is 3.26. The zero-order valence-electron chi connectivity index (χ0n) is 10.7. The first-order valence-corrected chi connectivity index (χ1v) is 6.88. The van der Waals surface area contributed by atoms with E-state index in [1.807, 2.05) is 6.92 Å². The molecule has 0 heterocycles. The fraction of sp³-hybridized carbons (Fsp3) is 0.308.